The van der Waals surface area contributed by atoms with Crippen molar-refractivity contribution in [2.75, 3.05) is 12.8 Å². The monoisotopic (exact) mass is 309 g/mol. The van der Waals surface area contributed by atoms with Crippen LogP contribution >= 0.6 is 24.2 Å². The van der Waals surface area contributed by atoms with E-state index in [0.29, 0.717) is 6.54 Å². The molecule has 1 atom stereocenters. The van der Waals surface area contributed by atoms with E-state index in [1.165, 1.54) is 5.56 Å². The third kappa shape index (κ3) is 4.44. The van der Waals surface area contributed by atoms with Gasteiger partial charge < -0.3 is 10.5 Å². The van der Waals surface area contributed by atoms with Gasteiger partial charge in [0.25, 0.3) is 0 Å². The van der Waals surface area contributed by atoms with Crippen molar-refractivity contribution in [3.63, 3.8) is 0 Å². The topological polar surface area (TPSA) is 35.2 Å². The predicted molar refractivity (Wildman–Crippen MR) is 89.0 cm³/mol. The molecule has 2 N–H and O–H groups in total. The Morgan fingerprint density at radius 3 is 2.35 bits per heavy atom. The Bertz CT molecular complexity index is 507. The molecule has 0 saturated carbocycles. The quantitative estimate of drug-likeness (QED) is 0.808. The van der Waals surface area contributed by atoms with Gasteiger partial charge in [0.05, 0.1) is 0 Å². The summed E-state index contributed by atoms with van der Waals surface area (Å²) in [5, 5.41) is 0. The van der Waals surface area contributed by atoms with E-state index in [2.05, 4.69) is 24.5 Å². The number of para-hydroxylation sites is 1. The molecule has 2 nitrogen and oxygen atoms in total. The van der Waals surface area contributed by atoms with Crippen LogP contribution in [0.2, 0.25) is 0 Å². The first-order valence-corrected chi connectivity index (χ1v) is 7.62. The van der Waals surface area contributed by atoms with E-state index < -0.39 is 0 Å². The van der Waals surface area contributed by atoms with Crippen LogP contribution in [0.1, 0.15) is 18.1 Å². The van der Waals surface area contributed by atoms with Gasteiger partial charge >= 0.3 is 0 Å². The van der Waals surface area contributed by atoms with Crippen molar-refractivity contribution in [3.8, 4) is 5.75 Å². The molecule has 0 amide bonds. The number of rotatable bonds is 6. The summed E-state index contributed by atoms with van der Waals surface area (Å²) in [5.41, 5.74) is 6.88. The second kappa shape index (κ2) is 8.90. The molecule has 0 aliphatic carbocycles. The molecule has 0 saturated heterocycles. The van der Waals surface area contributed by atoms with Crippen LogP contribution in [-0.2, 0) is 0 Å². The maximum Gasteiger partial charge on any atom is 0.133 e. The van der Waals surface area contributed by atoms with Crippen LogP contribution in [0, 0.1) is 0 Å². The third-order valence-electron chi connectivity index (χ3n) is 2.94. The molecule has 1 unspecified atom stereocenters. The Kier molecular flexibility index (Phi) is 7.52. The molecule has 0 aliphatic heterocycles. The SMILES string of the molecule is CSc1ccccc1OC(CCN)c1ccccc1.Cl. The van der Waals surface area contributed by atoms with E-state index in [1.807, 2.05) is 36.4 Å². The molecule has 4 heteroatoms. The normalized spacial score (nSPS) is 11.5. The van der Waals surface area contributed by atoms with Crippen LogP contribution in [0.3, 0.4) is 0 Å². The van der Waals surface area contributed by atoms with Crippen molar-refractivity contribution in [2.45, 2.75) is 17.4 Å². The number of ether oxygens (including phenoxy) is 1. The van der Waals surface area contributed by atoms with E-state index in [0.717, 1.165) is 17.1 Å². The highest BCUT2D eigenvalue weighted by atomic mass is 35.5. The van der Waals surface area contributed by atoms with Gasteiger partial charge in [-0.25, -0.2) is 0 Å². The lowest BCUT2D eigenvalue weighted by Crippen LogP contribution is -2.13. The van der Waals surface area contributed by atoms with Crippen LogP contribution < -0.4 is 10.5 Å². The van der Waals surface area contributed by atoms with Crippen molar-refractivity contribution < 1.29 is 4.74 Å². The van der Waals surface area contributed by atoms with Crippen molar-refractivity contribution in [2.24, 2.45) is 5.73 Å². The van der Waals surface area contributed by atoms with E-state index in [1.54, 1.807) is 11.8 Å². The number of halogens is 1. The van der Waals surface area contributed by atoms with Crippen LogP contribution in [0.25, 0.3) is 0 Å². The number of hydrogen-bond acceptors (Lipinski definition) is 3. The van der Waals surface area contributed by atoms with Crippen LogP contribution in [0.5, 0.6) is 5.75 Å². The van der Waals surface area contributed by atoms with E-state index >= 15 is 0 Å². The first-order valence-electron chi connectivity index (χ1n) is 6.40. The van der Waals surface area contributed by atoms with Gasteiger partial charge in [0.15, 0.2) is 0 Å². The van der Waals surface area contributed by atoms with Crippen LogP contribution in [-0.4, -0.2) is 12.8 Å². The first-order chi connectivity index (χ1) is 9.35. The summed E-state index contributed by atoms with van der Waals surface area (Å²) in [4.78, 5) is 1.15. The molecule has 108 valence electrons. The van der Waals surface area contributed by atoms with Crippen molar-refractivity contribution >= 4 is 24.2 Å². The minimum absolute atomic E-state index is 0. The molecular weight excluding hydrogens is 290 g/mol. The van der Waals surface area contributed by atoms with E-state index in [-0.39, 0.29) is 18.5 Å². The predicted octanol–water partition coefficient (Wildman–Crippen LogP) is 4.30. The molecule has 2 aromatic carbocycles. The summed E-state index contributed by atoms with van der Waals surface area (Å²) >= 11 is 1.69. The number of nitrogens with two attached hydrogens (primary N) is 1. The molecule has 2 rings (SSSR count). The summed E-state index contributed by atoms with van der Waals surface area (Å²) in [6.45, 7) is 0.612. The Morgan fingerprint density at radius 2 is 1.70 bits per heavy atom. The fourth-order valence-electron chi connectivity index (χ4n) is 1.98. The lowest BCUT2D eigenvalue weighted by molar-refractivity contribution is 0.193. The van der Waals surface area contributed by atoms with E-state index in [4.69, 9.17) is 10.5 Å². The summed E-state index contributed by atoms with van der Waals surface area (Å²) in [6, 6.07) is 18.4. The molecule has 0 fully saturated rings. The maximum atomic E-state index is 6.16. The van der Waals surface area contributed by atoms with Gasteiger partial charge in [0, 0.05) is 11.3 Å². The van der Waals surface area contributed by atoms with Gasteiger partial charge in [-0.3, -0.25) is 0 Å². The van der Waals surface area contributed by atoms with Crippen molar-refractivity contribution in [1.82, 2.24) is 0 Å². The molecular formula is C16H20ClNOS. The molecule has 0 aliphatic rings. The highest BCUT2D eigenvalue weighted by Crippen LogP contribution is 2.32. The van der Waals surface area contributed by atoms with Crippen molar-refractivity contribution in [3.05, 3.63) is 60.2 Å². The lowest BCUT2D eigenvalue weighted by atomic mass is 10.1. The summed E-state index contributed by atoms with van der Waals surface area (Å²) in [6.07, 6.45) is 2.88. The van der Waals surface area contributed by atoms with Gasteiger partial charge in [-0.05, 0) is 30.5 Å². The van der Waals surface area contributed by atoms with Crippen LogP contribution in [0.4, 0.5) is 0 Å². The highest BCUT2D eigenvalue weighted by molar-refractivity contribution is 7.98. The Hall–Kier alpha value is -1.16. The van der Waals surface area contributed by atoms with Crippen LogP contribution in [0.15, 0.2) is 59.5 Å². The summed E-state index contributed by atoms with van der Waals surface area (Å²) in [5.74, 6) is 0.928. The highest BCUT2D eigenvalue weighted by Gasteiger charge is 2.13. The molecule has 0 heterocycles. The zero-order valence-corrected chi connectivity index (χ0v) is 13.1. The molecule has 0 radical (unpaired) electrons. The minimum Gasteiger partial charge on any atom is -0.485 e. The van der Waals surface area contributed by atoms with Gasteiger partial charge in [-0.15, -0.1) is 24.2 Å². The standard InChI is InChI=1S/C16H19NOS.ClH/c1-19-16-10-6-5-9-15(16)18-14(11-12-17)13-7-3-2-4-8-13;/h2-10,14H,11-12,17H2,1H3;1H. The maximum absolute atomic E-state index is 6.16. The fraction of sp³-hybridized carbons (Fsp3) is 0.250. The molecule has 2 aromatic rings. The van der Waals surface area contributed by atoms with Crippen molar-refractivity contribution in [1.29, 1.82) is 0 Å². The summed E-state index contributed by atoms with van der Waals surface area (Å²) < 4.78 is 6.16. The lowest BCUT2D eigenvalue weighted by Gasteiger charge is -2.20. The van der Waals surface area contributed by atoms with E-state index in [9.17, 15) is 0 Å². The number of thioether (sulfide) groups is 1. The zero-order valence-electron chi connectivity index (χ0n) is 11.5. The number of benzene rings is 2. The Labute approximate surface area is 131 Å². The Balaban J connectivity index is 0.00000200. The number of hydrogen-bond donors (Lipinski definition) is 1. The molecule has 0 spiro atoms. The largest absolute Gasteiger partial charge is 0.485 e. The average Bonchev–Trinajstić information content (AvgIpc) is 2.48. The molecule has 0 bridgehead atoms. The fourth-order valence-corrected chi connectivity index (χ4v) is 2.51. The smallest absolute Gasteiger partial charge is 0.133 e. The van der Waals surface area contributed by atoms with Gasteiger partial charge in [0.1, 0.15) is 11.9 Å². The first kappa shape index (κ1) is 16.9. The van der Waals surface area contributed by atoms with Gasteiger partial charge in [-0.1, -0.05) is 42.5 Å². The minimum atomic E-state index is 0. The Morgan fingerprint density at radius 1 is 1.05 bits per heavy atom. The molecule has 20 heavy (non-hydrogen) atoms. The average molecular weight is 310 g/mol. The second-order valence-corrected chi connectivity index (χ2v) is 5.09. The third-order valence-corrected chi connectivity index (χ3v) is 3.72. The second-order valence-electron chi connectivity index (χ2n) is 4.25. The molecule has 0 aromatic heterocycles. The van der Waals surface area contributed by atoms with Gasteiger partial charge in [0.2, 0.25) is 0 Å². The van der Waals surface area contributed by atoms with Gasteiger partial charge in [-0.2, -0.15) is 0 Å². The zero-order chi connectivity index (χ0) is 13.5. The summed E-state index contributed by atoms with van der Waals surface area (Å²) in [7, 11) is 0.